The molecule has 0 unspecified atom stereocenters. The number of unbranched alkanes of at least 4 members (excludes halogenated alkanes) is 6. The number of phosphoric acid groups is 1. The summed E-state index contributed by atoms with van der Waals surface area (Å²) in [7, 11) is -4.87. The van der Waals surface area contributed by atoms with Gasteiger partial charge in [-0.2, -0.15) is 0 Å². The van der Waals surface area contributed by atoms with E-state index in [1.165, 1.54) is 0 Å². The molecular weight excluding hydrogens is 763 g/mol. The van der Waals surface area contributed by atoms with Crippen LogP contribution in [0.1, 0.15) is 142 Å². The van der Waals surface area contributed by atoms with Crippen LogP contribution < -0.4 is 0 Å². The Morgan fingerprint density at radius 2 is 1.29 bits per heavy atom. The number of esters is 2. The lowest BCUT2D eigenvalue weighted by molar-refractivity contribution is -0.161. The molecule has 0 aromatic rings. The number of Topliss-reactive ketones (excluding diaryl/α,β-unsaturated/α-hetero) is 1. The first-order valence-corrected chi connectivity index (χ1v) is 22.9. The van der Waals surface area contributed by atoms with Gasteiger partial charge in [0, 0.05) is 43.9 Å². The second-order valence-corrected chi connectivity index (χ2v) is 16.1. The molecule has 0 amide bonds. The van der Waals surface area contributed by atoms with Crippen LogP contribution in [-0.4, -0.2) is 80.5 Å². The summed E-state index contributed by atoms with van der Waals surface area (Å²) < 4.78 is 26.3. The van der Waals surface area contributed by atoms with Crippen LogP contribution in [0, 0.1) is 11.8 Å². The molecule has 0 heterocycles. The van der Waals surface area contributed by atoms with Crippen molar-refractivity contribution in [2.75, 3.05) is 13.2 Å². The van der Waals surface area contributed by atoms with E-state index in [0.717, 1.165) is 70.6 Å². The maximum Gasteiger partial charge on any atom is 0.469 e. The molecular formula is C45H73O12P. The number of rotatable bonds is 34. The Labute approximate surface area is 347 Å². The highest BCUT2D eigenvalue weighted by molar-refractivity contribution is 7.46. The topological polar surface area (TPSA) is 197 Å². The van der Waals surface area contributed by atoms with Crippen molar-refractivity contribution in [3.8, 4) is 0 Å². The molecule has 0 radical (unpaired) electrons. The molecule has 0 saturated heterocycles. The minimum Gasteiger partial charge on any atom is -0.462 e. The normalized spacial score (nSPS) is 20.1. The number of phosphoric ester groups is 1. The fourth-order valence-electron chi connectivity index (χ4n) is 6.45. The smallest absolute Gasteiger partial charge is 0.462 e. The average molecular weight is 837 g/mol. The van der Waals surface area contributed by atoms with E-state index in [9.17, 15) is 34.3 Å². The highest BCUT2D eigenvalue weighted by Gasteiger charge is 2.41. The average Bonchev–Trinajstić information content (AvgIpc) is 3.44. The van der Waals surface area contributed by atoms with Crippen molar-refractivity contribution in [3.63, 3.8) is 0 Å². The lowest BCUT2D eigenvalue weighted by atomic mass is 9.87. The molecule has 1 saturated carbocycles. The van der Waals surface area contributed by atoms with Gasteiger partial charge < -0.3 is 34.6 Å². The Hall–Kier alpha value is -2.96. The Morgan fingerprint density at radius 3 is 1.91 bits per heavy atom. The molecule has 0 aromatic heterocycles. The molecule has 0 aliphatic heterocycles. The van der Waals surface area contributed by atoms with E-state index < -0.39 is 69.2 Å². The molecule has 5 N–H and O–H groups in total. The quantitative estimate of drug-likeness (QED) is 0.0179. The first-order valence-electron chi connectivity index (χ1n) is 21.4. The number of hydrogen-bond acceptors (Lipinski definition) is 10. The zero-order valence-corrected chi connectivity index (χ0v) is 35.9. The molecule has 1 aliphatic carbocycles. The highest BCUT2D eigenvalue weighted by atomic mass is 31.2. The van der Waals surface area contributed by atoms with Gasteiger partial charge in [0.25, 0.3) is 0 Å². The van der Waals surface area contributed by atoms with Crippen LogP contribution in [0.4, 0.5) is 0 Å². The molecule has 0 aromatic carbocycles. The van der Waals surface area contributed by atoms with E-state index in [0.29, 0.717) is 25.7 Å². The Morgan fingerprint density at radius 1 is 0.707 bits per heavy atom. The summed E-state index contributed by atoms with van der Waals surface area (Å²) in [6.07, 6.45) is 34.0. The number of ether oxygens (including phenoxy) is 2. The Balaban J connectivity index is 2.33. The summed E-state index contributed by atoms with van der Waals surface area (Å²) in [6, 6.07) is 0. The van der Waals surface area contributed by atoms with Gasteiger partial charge in [0.2, 0.25) is 0 Å². The SMILES string of the molecule is CC/C=C\C/C=C\C/C=C\C/C=C\C/C=C\CCCCCC(=O)OC[C@H](COP(=O)(O)O)OC(=O)CCCCC(=O)C[C@@H]1[C@@H](/C=C/[C@@H](O)CCCCC)[C@H](O)C[C@@H]1O. The van der Waals surface area contributed by atoms with Gasteiger partial charge in [-0.05, 0) is 70.6 Å². The van der Waals surface area contributed by atoms with Gasteiger partial charge in [-0.3, -0.25) is 18.9 Å². The third-order valence-corrected chi connectivity index (χ3v) is 10.2. The Kier molecular flexibility index (Phi) is 30.9. The van der Waals surface area contributed by atoms with Crippen molar-refractivity contribution in [1.29, 1.82) is 0 Å². The van der Waals surface area contributed by atoms with E-state index in [2.05, 4.69) is 79.1 Å². The van der Waals surface area contributed by atoms with Crippen LogP contribution in [0.25, 0.3) is 0 Å². The molecule has 0 bridgehead atoms. The minimum atomic E-state index is -4.87. The molecule has 12 nitrogen and oxygen atoms in total. The largest absolute Gasteiger partial charge is 0.469 e. The fourth-order valence-corrected chi connectivity index (χ4v) is 6.81. The number of hydrogen-bond donors (Lipinski definition) is 5. The van der Waals surface area contributed by atoms with Crippen LogP contribution >= 0.6 is 7.82 Å². The van der Waals surface area contributed by atoms with Crippen molar-refractivity contribution in [2.24, 2.45) is 11.8 Å². The molecule has 58 heavy (non-hydrogen) atoms. The first kappa shape index (κ1) is 53.1. The fraction of sp³-hybridized carbons (Fsp3) is 0.667. The van der Waals surface area contributed by atoms with E-state index >= 15 is 0 Å². The first-order chi connectivity index (χ1) is 27.9. The standard InChI is InChI=1S/C45H73O12P/c1-3-5-7-8-9-10-11-12-13-14-15-16-17-18-19-20-21-22-24-29-44(50)55-35-39(36-56-58(52,53)54)57-45(51)30-26-25-28-38(47)33-41-40(42(48)34-43(41)49)32-31-37(46)27-23-6-4-2/h5,7,9-10,12-13,15-16,18-19,31-32,37,39-43,46,48-49H,3-4,6,8,11,14,17,20-30,33-36H2,1-2H3,(H2,52,53,54)/b7-5-,10-9-,13-12-,16-15-,19-18-,32-31+/t37-,39+,40+,41+,42+,43-/m0/s1. The van der Waals surface area contributed by atoms with E-state index in [1.54, 1.807) is 12.2 Å². The molecule has 330 valence electrons. The second-order valence-electron chi connectivity index (χ2n) is 14.9. The van der Waals surface area contributed by atoms with Crippen LogP contribution in [0.15, 0.2) is 72.9 Å². The maximum absolute atomic E-state index is 12.8. The van der Waals surface area contributed by atoms with Gasteiger partial charge >= 0.3 is 19.8 Å². The minimum absolute atomic E-state index is 0.0566. The zero-order valence-electron chi connectivity index (χ0n) is 35.0. The summed E-state index contributed by atoms with van der Waals surface area (Å²) >= 11 is 0. The van der Waals surface area contributed by atoms with Gasteiger partial charge in [0.15, 0.2) is 6.10 Å². The molecule has 1 aliphatic rings. The van der Waals surface area contributed by atoms with Crippen LogP contribution in [0.2, 0.25) is 0 Å². The lowest BCUT2D eigenvalue weighted by Gasteiger charge is -2.20. The number of aliphatic hydroxyl groups excluding tert-OH is 3. The van der Waals surface area contributed by atoms with Crippen LogP contribution in [0.3, 0.4) is 0 Å². The van der Waals surface area contributed by atoms with Gasteiger partial charge in [-0.15, -0.1) is 0 Å². The third kappa shape index (κ3) is 29.3. The van der Waals surface area contributed by atoms with Crippen LogP contribution in [0.5, 0.6) is 0 Å². The van der Waals surface area contributed by atoms with Crippen molar-refractivity contribution in [1.82, 2.24) is 0 Å². The van der Waals surface area contributed by atoms with E-state index in [1.807, 2.05) is 0 Å². The molecule has 1 fully saturated rings. The number of ketones is 1. The summed E-state index contributed by atoms with van der Waals surface area (Å²) in [5, 5.41) is 31.2. The van der Waals surface area contributed by atoms with Crippen molar-refractivity contribution in [3.05, 3.63) is 72.9 Å². The number of allylic oxidation sites excluding steroid dienone is 10. The van der Waals surface area contributed by atoms with Crippen molar-refractivity contribution >= 4 is 25.5 Å². The van der Waals surface area contributed by atoms with Gasteiger partial charge in [-0.25, -0.2) is 4.57 Å². The second kappa shape index (κ2) is 33.8. The van der Waals surface area contributed by atoms with Gasteiger partial charge in [-0.1, -0.05) is 112 Å². The Bertz CT molecular complexity index is 1350. The maximum atomic E-state index is 12.8. The predicted octanol–water partition coefficient (Wildman–Crippen LogP) is 8.63. The predicted molar refractivity (Wildman–Crippen MR) is 227 cm³/mol. The van der Waals surface area contributed by atoms with Crippen molar-refractivity contribution < 1.29 is 58.1 Å². The van der Waals surface area contributed by atoms with Gasteiger partial charge in [0.05, 0.1) is 24.9 Å². The zero-order chi connectivity index (χ0) is 42.9. The molecule has 13 heteroatoms. The van der Waals surface area contributed by atoms with E-state index in [-0.39, 0.29) is 37.9 Å². The van der Waals surface area contributed by atoms with Crippen molar-refractivity contribution in [2.45, 2.75) is 167 Å². The van der Waals surface area contributed by atoms with Crippen LogP contribution in [-0.2, 0) is 32.9 Å². The number of carbonyl (C=O) groups is 3. The molecule has 6 atom stereocenters. The molecule has 0 spiro atoms. The van der Waals surface area contributed by atoms with Gasteiger partial charge in [0.1, 0.15) is 12.4 Å². The highest BCUT2D eigenvalue weighted by Crippen LogP contribution is 2.37. The third-order valence-electron chi connectivity index (χ3n) is 9.69. The number of aliphatic hydroxyl groups is 3. The summed E-state index contributed by atoms with van der Waals surface area (Å²) in [6.45, 7) is 3.11. The summed E-state index contributed by atoms with van der Waals surface area (Å²) in [5.74, 6) is -2.27. The molecule has 1 rings (SSSR count). The lowest BCUT2D eigenvalue weighted by Crippen LogP contribution is -2.29. The van der Waals surface area contributed by atoms with E-state index in [4.69, 9.17) is 19.3 Å². The summed E-state index contributed by atoms with van der Waals surface area (Å²) in [4.78, 5) is 55.9. The summed E-state index contributed by atoms with van der Waals surface area (Å²) in [5.41, 5.74) is 0. The monoisotopic (exact) mass is 836 g/mol. The number of carbonyl (C=O) groups excluding carboxylic acids is 3.